The van der Waals surface area contributed by atoms with Gasteiger partial charge in [-0.25, -0.2) is 0 Å². The first-order valence-corrected chi connectivity index (χ1v) is 9.85. The van der Waals surface area contributed by atoms with Gasteiger partial charge in [-0.2, -0.15) is 4.68 Å². The summed E-state index contributed by atoms with van der Waals surface area (Å²) in [5.74, 6) is 0.962. The number of amides is 1. The van der Waals surface area contributed by atoms with E-state index in [-0.39, 0.29) is 5.91 Å². The Morgan fingerprint density at radius 1 is 1.13 bits per heavy atom. The van der Waals surface area contributed by atoms with Crippen molar-refractivity contribution in [1.29, 1.82) is 0 Å². The third-order valence-corrected chi connectivity index (χ3v) is 5.37. The zero-order valence-corrected chi connectivity index (χ0v) is 18.2. The van der Waals surface area contributed by atoms with Gasteiger partial charge in [0.2, 0.25) is 5.95 Å². The molecule has 10 heteroatoms. The molecular formula is C21H21ClN6O3. The van der Waals surface area contributed by atoms with E-state index in [0.717, 1.165) is 11.1 Å². The molecule has 1 amide bonds. The van der Waals surface area contributed by atoms with E-state index in [1.807, 2.05) is 38.1 Å². The Labute approximate surface area is 184 Å². The van der Waals surface area contributed by atoms with Crippen LogP contribution in [0.3, 0.4) is 0 Å². The average Bonchev–Trinajstić information content (AvgIpc) is 3.22. The van der Waals surface area contributed by atoms with Crippen LogP contribution in [0.1, 0.15) is 24.1 Å². The molecule has 2 N–H and O–H groups in total. The topological polar surface area (TPSA) is 103 Å². The Balaban J connectivity index is 1.76. The van der Waals surface area contributed by atoms with Crippen LogP contribution in [0.15, 0.2) is 47.7 Å². The Morgan fingerprint density at radius 3 is 2.52 bits per heavy atom. The van der Waals surface area contributed by atoms with Crippen molar-refractivity contribution in [2.24, 2.45) is 0 Å². The highest BCUT2D eigenvalue weighted by atomic mass is 35.5. The van der Waals surface area contributed by atoms with Crippen molar-refractivity contribution in [2.45, 2.75) is 19.9 Å². The number of nitrogens with zero attached hydrogens (tertiary/aromatic N) is 4. The molecule has 2 heterocycles. The van der Waals surface area contributed by atoms with Crippen LogP contribution in [0.25, 0.3) is 0 Å². The number of tetrazole rings is 1. The number of rotatable bonds is 5. The first kappa shape index (κ1) is 20.7. The fraction of sp³-hybridized carbons (Fsp3) is 0.238. The first-order chi connectivity index (χ1) is 14.9. The van der Waals surface area contributed by atoms with Crippen LogP contribution >= 0.6 is 11.6 Å². The lowest BCUT2D eigenvalue weighted by Crippen LogP contribution is -2.31. The third-order valence-electron chi connectivity index (χ3n) is 5.07. The monoisotopic (exact) mass is 440 g/mol. The summed E-state index contributed by atoms with van der Waals surface area (Å²) in [6.07, 6.45) is 0. The summed E-state index contributed by atoms with van der Waals surface area (Å²) in [5.41, 5.74) is 3.54. The van der Waals surface area contributed by atoms with Crippen LogP contribution in [0, 0.1) is 6.92 Å². The first-order valence-electron chi connectivity index (χ1n) is 9.48. The number of hydrogen-bond donors (Lipinski definition) is 2. The van der Waals surface area contributed by atoms with Gasteiger partial charge in [0, 0.05) is 17.8 Å². The van der Waals surface area contributed by atoms with E-state index in [4.69, 9.17) is 21.1 Å². The SMILES string of the molecule is COc1cc(NC(=O)C2=C(C)Nc3nnnn3C2c2ccc(C)cc2)c(OC)cc1Cl. The van der Waals surface area contributed by atoms with Gasteiger partial charge in [0.1, 0.15) is 17.5 Å². The van der Waals surface area contributed by atoms with Crippen LogP contribution < -0.4 is 20.1 Å². The number of fused-ring (bicyclic) bond motifs is 1. The Morgan fingerprint density at radius 2 is 1.84 bits per heavy atom. The lowest BCUT2D eigenvalue weighted by Gasteiger charge is -2.28. The molecule has 160 valence electrons. The summed E-state index contributed by atoms with van der Waals surface area (Å²) in [4.78, 5) is 13.5. The molecule has 0 bridgehead atoms. The maximum Gasteiger partial charge on any atom is 0.255 e. The number of allylic oxidation sites excluding steroid dienone is 1. The van der Waals surface area contributed by atoms with E-state index >= 15 is 0 Å². The van der Waals surface area contributed by atoms with Gasteiger partial charge in [0.25, 0.3) is 5.91 Å². The maximum atomic E-state index is 13.5. The van der Waals surface area contributed by atoms with Crippen LogP contribution in [0.5, 0.6) is 11.5 Å². The molecule has 31 heavy (non-hydrogen) atoms. The van der Waals surface area contributed by atoms with E-state index < -0.39 is 6.04 Å². The van der Waals surface area contributed by atoms with Crippen LogP contribution in [0.2, 0.25) is 5.02 Å². The molecule has 1 aliphatic heterocycles. The summed E-state index contributed by atoms with van der Waals surface area (Å²) in [7, 11) is 3.01. The molecule has 1 atom stereocenters. The fourth-order valence-corrected chi connectivity index (χ4v) is 3.74. The van der Waals surface area contributed by atoms with E-state index in [1.165, 1.54) is 14.2 Å². The molecule has 0 spiro atoms. The number of halogens is 1. The van der Waals surface area contributed by atoms with Gasteiger partial charge in [-0.05, 0) is 29.8 Å². The summed E-state index contributed by atoms with van der Waals surface area (Å²) >= 11 is 6.19. The largest absolute Gasteiger partial charge is 0.495 e. The van der Waals surface area contributed by atoms with E-state index in [2.05, 4.69) is 26.2 Å². The molecule has 0 saturated heterocycles. The number of benzene rings is 2. The molecule has 3 aromatic rings. The Kier molecular flexibility index (Phi) is 5.51. The minimum Gasteiger partial charge on any atom is -0.495 e. The smallest absolute Gasteiger partial charge is 0.255 e. The lowest BCUT2D eigenvalue weighted by molar-refractivity contribution is -0.113. The minimum atomic E-state index is -0.507. The average molecular weight is 441 g/mol. The van der Waals surface area contributed by atoms with Gasteiger partial charge in [-0.1, -0.05) is 46.5 Å². The van der Waals surface area contributed by atoms with Gasteiger partial charge in [0.15, 0.2) is 0 Å². The van der Waals surface area contributed by atoms with E-state index in [0.29, 0.717) is 39.4 Å². The molecule has 0 aliphatic carbocycles. The summed E-state index contributed by atoms with van der Waals surface area (Å²) in [6.45, 7) is 3.82. The molecule has 1 unspecified atom stereocenters. The number of nitrogens with one attached hydrogen (secondary N) is 2. The van der Waals surface area contributed by atoms with Crippen molar-refractivity contribution < 1.29 is 14.3 Å². The molecule has 9 nitrogen and oxygen atoms in total. The van der Waals surface area contributed by atoms with E-state index in [1.54, 1.807) is 16.8 Å². The van der Waals surface area contributed by atoms with Crippen LogP contribution in [0.4, 0.5) is 11.6 Å². The van der Waals surface area contributed by atoms with Crippen molar-refractivity contribution in [3.8, 4) is 11.5 Å². The number of anilines is 2. The number of carbonyl (C=O) groups excluding carboxylic acids is 1. The Bertz CT molecular complexity index is 1170. The van der Waals surface area contributed by atoms with Crippen molar-refractivity contribution in [1.82, 2.24) is 20.2 Å². The summed E-state index contributed by atoms with van der Waals surface area (Å²) in [5, 5.41) is 18.3. The quantitative estimate of drug-likeness (QED) is 0.625. The highest BCUT2D eigenvalue weighted by Crippen LogP contribution is 2.38. The van der Waals surface area contributed by atoms with Gasteiger partial charge in [-0.15, -0.1) is 0 Å². The van der Waals surface area contributed by atoms with E-state index in [9.17, 15) is 4.79 Å². The number of aryl methyl sites for hydroxylation is 1. The number of carbonyl (C=O) groups is 1. The zero-order chi connectivity index (χ0) is 22.1. The molecule has 0 radical (unpaired) electrons. The highest BCUT2D eigenvalue weighted by Gasteiger charge is 2.34. The molecule has 0 saturated carbocycles. The molecular weight excluding hydrogens is 420 g/mol. The molecule has 0 fully saturated rings. The number of hydrogen-bond acceptors (Lipinski definition) is 7. The van der Waals surface area contributed by atoms with Crippen LogP contribution in [-0.2, 0) is 4.79 Å². The fourth-order valence-electron chi connectivity index (χ4n) is 3.51. The van der Waals surface area contributed by atoms with Crippen LogP contribution in [-0.4, -0.2) is 40.3 Å². The normalized spacial score (nSPS) is 15.2. The molecule has 2 aromatic carbocycles. The second-order valence-corrected chi connectivity index (χ2v) is 7.47. The molecule has 4 rings (SSSR count). The van der Waals surface area contributed by atoms with Crippen molar-refractivity contribution >= 4 is 29.1 Å². The predicted molar refractivity (Wildman–Crippen MR) is 117 cm³/mol. The summed E-state index contributed by atoms with van der Waals surface area (Å²) < 4.78 is 12.3. The minimum absolute atomic E-state index is 0.334. The van der Waals surface area contributed by atoms with Crippen molar-refractivity contribution in [2.75, 3.05) is 24.9 Å². The van der Waals surface area contributed by atoms with Crippen molar-refractivity contribution in [3.63, 3.8) is 0 Å². The standard InChI is InChI=1S/C21H21ClN6O3/c1-11-5-7-13(8-6-11)19-18(12(2)23-21-25-26-27-28(19)21)20(29)24-15-10-16(30-3)14(22)9-17(15)31-4/h5-10,19H,1-4H3,(H,24,29)(H,23,25,27). The zero-order valence-electron chi connectivity index (χ0n) is 17.4. The van der Waals surface area contributed by atoms with Gasteiger partial charge >= 0.3 is 0 Å². The molecule has 1 aromatic heterocycles. The van der Waals surface area contributed by atoms with Crippen molar-refractivity contribution in [3.05, 3.63) is 63.8 Å². The number of ether oxygens (including phenoxy) is 2. The maximum absolute atomic E-state index is 13.5. The Hall–Kier alpha value is -3.59. The second-order valence-electron chi connectivity index (χ2n) is 7.07. The molecule has 1 aliphatic rings. The predicted octanol–water partition coefficient (Wildman–Crippen LogP) is 3.58. The lowest BCUT2D eigenvalue weighted by atomic mass is 9.94. The third kappa shape index (κ3) is 3.79. The van der Waals surface area contributed by atoms with Gasteiger partial charge < -0.3 is 20.1 Å². The summed E-state index contributed by atoms with van der Waals surface area (Å²) in [6, 6.07) is 10.6. The van der Waals surface area contributed by atoms with Gasteiger partial charge in [-0.3, -0.25) is 4.79 Å². The highest BCUT2D eigenvalue weighted by molar-refractivity contribution is 6.32. The number of aromatic nitrogens is 4. The second kappa shape index (κ2) is 8.27. The van der Waals surface area contributed by atoms with Gasteiger partial charge in [0.05, 0.1) is 30.5 Å². The number of methoxy groups -OCH3 is 2.